The summed E-state index contributed by atoms with van der Waals surface area (Å²) in [7, 11) is -0.522. The van der Waals surface area contributed by atoms with Crippen molar-refractivity contribution in [3.8, 4) is 28.1 Å². The molecule has 0 bridgehead atoms. The topological polar surface area (TPSA) is 107 Å². The zero-order valence-electron chi connectivity index (χ0n) is 27.8. The highest BCUT2D eigenvalue weighted by molar-refractivity contribution is 7.90. The van der Waals surface area contributed by atoms with E-state index in [9.17, 15) is 18.0 Å². The van der Waals surface area contributed by atoms with Crippen LogP contribution >= 0.6 is 0 Å². The molecule has 0 radical (unpaired) electrons. The Hall–Kier alpha value is -5.26. The number of hydrogen-bond donors (Lipinski definition) is 0. The second kappa shape index (κ2) is 12.6. The van der Waals surface area contributed by atoms with E-state index in [-0.39, 0.29) is 16.3 Å². The van der Waals surface area contributed by atoms with Crippen molar-refractivity contribution in [1.82, 2.24) is 23.3 Å². The average Bonchev–Trinajstić information content (AvgIpc) is 3.55. The van der Waals surface area contributed by atoms with Crippen molar-refractivity contribution in [2.45, 2.75) is 24.8 Å². The van der Waals surface area contributed by atoms with Crippen LogP contribution < -0.4 is 10.3 Å². The second-order valence-corrected chi connectivity index (χ2v) is 14.5. The van der Waals surface area contributed by atoms with Gasteiger partial charge in [-0.3, -0.25) is 14.5 Å². The number of ether oxygens (including phenoxy) is 1. The van der Waals surface area contributed by atoms with Crippen molar-refractivity contribution < 1.29 is 17.9 Å². The van der Waals surface area contributed by atoms with Gasteiger partial charge in [0.1, 0.15) is 17.9 Å². The predicted molar refractivity (Wildman–Crippen MR) is 191 cm³/mol. The van der Waals surface area contributed by atoms with Gasteiger partial charge in [-0.1, -0.05) is 29.8 Å². The first-order valence-corrected chi connectivity index (χ1v) is 17.6. The molecule has 11 heteroatoms. The molecule has 3 aromatic heterocycles. The van der Waals surface area contributed by atoms with E-state index in [0.29, 0.717) is 31.1 Å². The Bertz CT molecular complexity index is 2380. The van der Waals surface area contributed by atoms with Crippen LogP contribution in [0.15, 0.2) is 107 Å². The fourth-order valence-corrected chi connectivity index (χ4v) is 7.75. The first-order chi connectivity index (χ1) is 23.5. The van der Waals surface area contributed by atoms with Gasteiger partial charge in [0.15, 0.2) is 0 Å². The molecule has 250 valence electrons. The summed E-state index contributed by atoms with van der Waals surface area (Å²) < 4.78 is 35.7. The molecule has 3 aromatic carbocycles. The monoisotopic (exact) mass is 675 g/mol. The molecule has 1 aliphatic heterocycles. The van der Waals surface area contributed by atoms with Crippen LogP contribution in [0, 0.1) is 6.92 Å². The highest BCUT2D eigenvalue weighted by atomic mass is 32.2. The molecule has 6 aromatic rings. The Labute approximate surface area is 284 Å². The van der Waals surface area contributed by atoms with Gasteiger partial charge in [0.05, 0.1) is 22.7 Å². The van der Waals surface area contributed by atoms with E-state index >= 15 is 0 Å². The number of aromatic nitrogens is 3. The van der Waals surface area contributed by atoms with Crippen LogP contribution in [0.3, 0.4) is 0 Å². The molecule has 0 N–H and O–H groups in total. The molecule has 0 spiro atoms. The highest BCUT2D eigenvalue weighted by Crippen LogP contribution is 2.32. The molecule has 1 amide bonds. The molecule has 1 saturated heterocycles. The number of benzene rings is 3. The number of carbonyl (C=O) groups excluding carboxylic acids is 1. The van der Waals surface area contributed by atoms with E-state index in [2.05, 4.69) is 11.8 Å². The molecule has 1 aliphatic rings. The predicted octanol–water partition coefficient (Wildman–Crippen LogP) is 5.31. The summed E-state index contributed by atoms with van der Waals surface area (Å²) in [4.78, 5) is 34.3. The Morgan fingerprint density at radius 3 is 2.39 bits per heavy atom. The van der Waals surface area contributed by atoms with E-state index in [4.69, 9.17) is 9.72 Å². The third kappa shape index (κ3) is 6.11. The van der Waals surface area contributed by atoms with Gasteiger partial charge < -0.3 is 14.2 Å². The van der Waals surface area contributed by atoms with E-state index < -0.39 is 15.6 Å². The molecule has 0 saturated carbocycles. The average molecular weight is 676 g/mol. The Morgan fingerprint density at radius 2 is 1.63 bits per heavy atom. The maximum absolute atomic E-state index is 13.6. The Morgan fingerprint density at radius 1 is 0.898 bits per heavy atom. The maximum atomic E-state index is 13.6. The van der Waals surface area contributed by atoms with Gasteiger partial charge in [-0.25, -0.2) is 17.4 Å². The summed E-state index contributed by atoms with van der Waals surface area (Å²) >= 11 is 0. The third-order valence-corrected chi connectivity index (χ3v) is 11.0. The fraction of sp³-hybridized carbons (Fsp3) is 0.237. The minimum atomic E-state index is -3.99. The highest BCUT2D eigenvalue weighted by Gasteiger charge is 2.27. The summed E-state index contributed by atoms with van der Waals surface area (Å²) in [5.74, 6) is 0.888. The SMILES string of the molecule is Cc1ccc(S(=O)(=O)n2ccc3c(-c4ccc5nc(-c6ccc(OCCN7CC(=O)N(C)C[C@@H]7C)cc6)ccc5c4)cn(C)c(=O)c32)cc1. The number of fused-ring (bicyclic) bond motifs is 2. The van der Waals surface area contributed by atoms with E-state index in [1.54, 1.807) is 48.5 Å². The minimum absolute atomic E-state index is 0.102. The van der Waals surface area contributed by atoms with E-state index in [0.717, 1.165) is 55.1 Å². The summed E-state index contributed by atoms with van der Waals surface area (Å²) in [6.07, 6.45) is 3.19. The zero-order valence-corrected chi connectivity index (χ0v) is 28.6. The molecule has 10 nitrogen and oxygen atoms in total. The summed E-state index contributed by atoms with van der Waals surface area (Å²) in [6, 6.07) is 26.2. The normalized spacial score (nSPS) is 15.7. The number of aryl methyl sites for hydroxylation is 2. The van der Waals surface area contributed by atoms with Crippen molar-refractivity contribution in [2.24, 2.45) is 7.05 Å². The Kier molecular flexibility index (Phi) is 8.33. The van der Waals surface area contributed by atoms with Gasteiger partial charge >= 0.3 is 0 Å². The lowest BCUT2D eigenvalue weighted by Gasteiger charge is -2.37. The van der Waals surface area contributed by atoms with Crippen LogP contribution in [0.1, 0.15) is 12.5 Å². The third-order valence-electron chi connectivity index (χ3n) is 9.29. The minimum Gasteiger partial charge on any atom is -0.492 e. The van der Waals surface area contributed by atoms with Crippen molar-refractivity contribution in [2.75, 3.05) is 33.3 Å². The lowest BCUT2D eigenvalue weighted by atomic mass is 10.0. The van der Waals surface area contributed by atoms with Gasteiger partial charge in [-0.15, -0.1) is 0 Å². The molecular weight excluding hydrogens is 639 g/mol. The maximum Gasteiger partial charge on any atom is 0.275 e. The van der Waals surface area contributed by atoms with Crippen molar-refractivity contribution in [1.29, 1.82) is 0 Å². The quantitative estimate of drug-likeness (QED) is 0.215. The number of nitrogens with zero attached hydrogens (tertiary/aromatic N) is 5. The molecule has 7 rings (SSSR count). The molecule has 49 heavy (non-hydrogen) atoms. The number of carbonyl (C=O) groups is 1. The van der Waals surface area contributed by atoms with Crippen LogP contribution in [0.25, 0.3) is 44.2 Å². The van der Waals surface area contributed by atoms with Crippen molar-refractivity contribution in [3.63, 3.8) is 0 Å². The van der Waals surface area contributed by atoms with Gasteiger partial charge in [-0.2, -0.15) is 0 Å². The smallest absolute Gasteiger partial charge is 0.275 e. The van der Waals surface area contributed by atoms with Crippen LogP contribution in [0.5, 0.6) is 5.75 Å². The fourth-order valence-electron chi connectivity index (χ4n) is 6.40. The van der Waals surface area contributed by atoms with Crippen molar-refractivity contribution >= 4 is 37.7 Å². The summed E-state index contributed by atoms with van der Waals surface area (Å²) in [6.45, 7) is 6.32. The van der Waals surface area contributed by atoms with Gasteiger partial charge in [0.2, 0.25) is 5.91 Å². The number of amides is 1. The van der Waals surface area contributed by atoms with Gasteiger partial charge in [0, 0.05) is 67.5 Å². The molecule has 4 heterocycles. The standard InChI is InChI=1S/C38H37N5O5S/c1-25-5-13-31(14-6-25)49(46,47)43-18-17-32-33(23-41(4)38(45)37(32)43)28-9-15-35-29(21-28)10-16-34(39-35)27-7-11-30(12-8-27)48-20-19-42-24-36(44)40(3)22-26(42)2/h5-18,21,23,26H,19-20,22,24H2,1-4H3/t26-/m0/s1. The molecule has 0 aliphatic carbocycles. The first-order valence-electron chi connectivity index (χ1n) is 16.1. The number of piperazine rings is 1. The molecule has 0 unspecified atom stereocenters. The Balaban J connectivity index is 1.12. The molecule has 1 atom stereocenters. The van der Waals surface area contributed by atoms with Crippen molar-refractivity contribution in [3.05, 3.63) is 113 Å². The number of likely N-dealkylation sites (N-methyl/N-ethyl adjacent to an activating group) is 1. The summed E-state index contributed by atoms with van der Waals surface area (Å²) in [5.41, 5.74) is 4.80. The number of pyridine rings is 2. The molecule has 1 fully saturated rings. The van der Waals surface area contributed by atoms with Crippen LogP contribution in [0.2, 0.25) is 0 Å². The lowest BCUT2D eigenvalue weighted by molar-refractivity contribution is -0.136. The lowest BCUT2D eigenvalue weighted by Crippen LogP contribution is -2.54. The van der Waals surface area contributed by atoms with Crippen LogP contribution in [-0.4, -0.2) is 77.0 Å². The van der Waals surface area contributed by atoms with Crippen LogP contribution in [0.4, 0.5) is 0 Å². The van der Waals surface area contributed by atoms with E-state index in [1.807, 2.05) is 68.6 Å². The van der Waals surface area contributed by atoms with Crippen LogP contribution in [-0.2, 0) is 21.9 Å². The first kappa shape index (κ1) is 32.3. The van der Waals surface area contributed by atoms with Gasteiger partial charge in [0.25, 0.3) is 15.6 Å². The van der Waals surface area contributed by atoms with Gasteiger partial charge in [-0.05, 0) is 80.1 Å². The largest absolute Gasteiger partial charge is 0.492 e. The van der Waals surface area contributed by atoms with E-state index in [1.165, 1.54) is 10.8 Å². The zero-order chi connectivity index (χ0) is 34.4. The second-order valence-electron chi connectivity index (χ2n) is 12.7. The summed E-state index contributed by atoms with van der Waals surface area (Å²) in [5, 5.41) is 1.46. The number of rotatable bonds is 8. The number of hydrogen-bond acceptors (Lipinski definition) is 7. The molecular formula is C38H37N5O5S.